The molecule has 0 radical (unpaired) electrons. The summed E-state index contributed by atoms with van der Waals surface area (Å²) in [4.78, 5) is 22.9. The van der Waals surface area contributed by atoms with Gasteiger partial charge in [-0.15, -0.1) is 35.1 Å². The molecule has 1 N–H and O–H groups in total. The minimum Gasteiger partial charge on any atom is -0.317 e. The van der Waals surface area contributed by atoms with E-state index < -0.39 is 0 Å². The summed E-state index contributed by atoms with van der Waals surface area (Å²) in [5.74, 6) is 2.64. The fourth-order valence-electron chi connectivity index (χ4n) is 7.64. The van der Waals surface area contributed by atoms with Gasteiger partial charge in [0, 0.05) is 23.5 Å². The van der Waals surface area contributed by atoms with Gasteiger partial charge in [-0.1, -0.05) is 19.1 Å². The number of amides is 1. The summed E-state index contributed by atoms with van der Waals surface area (Å²) in [5.41, 5.74) is 3.57. The molecule has 2 aromatic heterocycles. The highest BCUT2D eigenvalue weighted by molar-refractivity contribution is 7.22. The normalized spacial score (nSPS) is 29.7. The lowest BCUT2D eigenvalue weighted by molar-refractivity contribution is -0.140. The molecule has 4 aliphatic carbocycles. The quantitative estimate of drug-likeness (QED) is 0.409. The van der Waals surface area contributed by atoms with Crippen LogP contribution < -0.4 is 5.32 Å². The lowest BCUT2D eigenvalue weighted by atomic mass is 9.49. The average Bonchev–Trinajstić information content (AvgIpc) is 3.38. The van der Waals surface area contributed by atoms with Crippen molar-refractivity contribution < 1.29 is 4.79 Å². The zero-order valence-corrected chi connectivity index (χ0v) is 22.1. The Bertz CT molecular complexity index is 1180. The van der Waals surface area contributed by atoms with Crippen molar-refractivity contribution in [3.05, 3.63) is 34.7 Å². The number of fused-ring (bicyclic) bond motifs is 2. The molecule has 180 valence electrons. The lowest BCUT2D eigenvalue weighted by Gasteiger charge is -2.55. The number of aromatic nitrogens is 1. The molecule has 3 heterocycles. The summed E-state index contributed by atoms with van der Waals surface area (Å²) < 4.78 is 1.22. The van der Waals surface area contributed by atoms with Gasteiger partial charge in [0.15, 0.2) is 0 Å². The standard InChI is InChI=1S/C27H31N3OS2.ClH/c1-2-30-8-7-19-22(15-30)33-25(23(19)24-28-20-5-3-4-6-21(20)32-24)29-26(31)27-12-16-9-17(13-27)11-18(10-16)14-27;/h3-6,16-18H,2,7-15H2,1H3,(H,29,31);1H. The molecular weight excluding hydrogens is 482 g/mol. The second-order valence-corrected chi connectivity index (χ2v) is 13.1. The molecule has 1 aliphatic heterocycles. The van der Waals surface area contributed by atoms with Crippen LogP contribution in [0.3, 0.4) is 0 Å². The molecule has 1 amide bonds. The minimum atomic E-state index is -0.125. The van der Waals surface area contributed by atoms with Crippen LogP contribution in [0.25, 0.3) is 20.8 Å². The van der Waals surface area contributed by atoms with E-state index in [1.165, 1.54) is 40.0 Å². The first kappa shape index (κ1) is 23.0. The number of thiazole rings is 1. The van der Waals surface area contributed by atoms with Crippen molar-refractivity contribution in [2.24, 2.45) is 23.2 Å². The fourth-order valence-corrected chi connectivity index (χ4v) is 10.0. The smallest absolute Gasteiger partial charge is 0.231 e. The maximum atomic E-state index is 13.9. The first-order chi connectivity index (χ1) is 16.1. The van der Waals surface area contributed by atoms with Gasteiger partial charge in [-0.3, -0.25) is 9.69 Å². The van der Waals surface area contributed by atoms with Gasteiger partial charge in [0.05, 0.1) is 15.6 Å². The Morgan fingerprint density at radius 2 is 1.82 bits per heavy atom. The predicted octanol–water partition coefficient (Wildman–Crippen LogP) is 6.98. The van der Waals surface area contributed by atoms with E-state index in [0.29, 0.717) is 5.91 Å². The molecule has 1 aromatic carbocycles. The van der Waals surface area contributed by atoms with Crippen molar-refractivity contribution in [3.8, 4) is 10.6 Å². The molecule has 5 aliphatic rings. The number of hydrogen-bond donors (Lipinski definition) is 1. The molecular formula is C27H32ClN3OS2. The van der Waals surface area contributed by atoms with Crippen molar-refractivity contribution in [2.45, 2.75) is 58.4 Å². The van der Waals surface area contributed by atoms with E-state index in [4.69, 9.17) is 4.98 Å². The molecule has 0 saturated heterocycles. The van der Waals surface area contributed by atoms with E-state index in [2.05, 4.69) is 41.4 Å². The molecule has 4 saturated carbocycles. The van der Waals surface area contributed by atoms with E-state index in [1.807, 2.05) is 11.3 Å². The maximum absolute atomic E-state index is 13.9. The molecule has 4 fully saturated rings. The highest BCUT2D eigenvalue weighted by Crippen LogP contribution is 2.60. The predicted molar refractivity (Wildman–Crippen MR) is 144 cm³/mol. The van der Waals surface area contributed by atoms with E-state index in [1.54, 1.807) is 11.3 Å². The second kappa shape index (κ2) is 8.58. The molecule has 34 heavy (non-hydrogen) atoms. The van der Waals surface area contributed by atoms with Crippen molar-refractivity contribution in [1.29, 1.82) is 0 Å². The first-order valence-corrected chi connectivity index (χ1v) is 14.3. The molecule has 3 aromatic rings. The topological polar surface area (TPSA) is 45.2 Å². The van der Waals surface area contributed by atoms with Crippen LogP contribution in [0.5, 0.6) is 0 Å². The van der Waals surface area contributed by atoms with Crippen LogP contribution in [0, 0.1) is 23.2 Å². The zero-order chi connectivity index (χ0) is 22.2. The Morgan fingerprint density at radius 1 is 1.12 bits per heavy atom. The van der Waals surface area contributed by atoms with Crippen LogP contribution in [0.15, 0.2) is 24.3 Å². The van der Waals surface area contributed by atoms with E-state index in [0.717, 1.165) is 78.6 Å². The molecule has 0 spiro atoms. The van der Waals surface area contributed by atoms with E-state index in [9.17, 15) is 4.79 Å². The Hall–Kier alpha value is -1.47. The molecule has 8 rings (SSSR count). The van der Waals surface area contributed by atoms with Gasteiger partial charge >= 0.3 is 0 Å². The third-order valence-electron chi connectivity index (χ3n) is 8.84. The number of nitrogens with zero attached hydrogens (tertiary/aromatic N) is 2. The summed E-state index contributed by atoms with van der Waals surface area (Å²) >= 11 is 3.58. The number of carbonyl (C=O) groups excluding carboxylic acids is 1. The van der Waals surface area contributed by atoms with Gasteiger partial charge in [-0.05, 0) is 86.9 Å². The average molecular weight is 514 g/mol. The Labute approximate surface area is 215 Å². The summed E-state index contributed by atoms with van der Waals surface area (Å²) in [7, 11) is 0. The SMILES string of the molecule is CCN1CCc2c(sc(NC(=O)C34CC5CC(CC(C5)C3)C4)c2-c2nc3ccccc3s2)C1.Cl. The molecule has 0 atom stereocenters. The highest BCUT2D eigenvalue weighted by Gasteiger charge is 2.54. The Kier molecular flexibility index (Phi) is 5.79. The molecule has 7 heteroatoms. The second-order valence-electron chi connectivity index (χ2n) is 11.0. The van der Waals surface area contributed by atoms with Crippen molar-refractivity contribution >= 4 is 56.2 Å². The molecule has 0 unspecified atom stereocenters. The van der Waals surface area contributed by atoms with Crippen LogP contribution >= 0.6 is 35.1 Å². The third kappa shape index (κ3) is 3.64. The van der Waals surface area contributed by atoms with Crippen LogP contribution in [0.4, 0.5) is 5.00 Å². The van der Waals surface area contributed by atoms with E-state index in [-0.39, 0.29) is 17.8 Å². The summed E-state index contributed by atoms with van der Waals surface area (Å²) in [6, 6.07) is 8.40. The van der Waals surface area contributed by atoms with Crippen LogP contribution in [-0.4, -0.2) is 28.9 Å². The van der Waals surface area contributed by atoms with Crippen LogP contribution in [-0.2, 0) is 17.8 Å². The summed E-state index contributed by atoms with van der Waals surface area (Å²) in [5, 5.41) is 5.65. The largest absolute Gasteiger partial charge is 0.317 e. The van der Waals surface area contributed by atoms with Gasteiger partial charge in [0.1, 0.15) is 10.0 Å². The number of benzene rings is 1. The molecule has 4 bridgehead atoms. The number of nitrogens with one attached hydrogen (secondary N) is 1. The van der Waals surface area contributed by atoms with Gasteiger partial charge < -0.3 is 5.32 Å². The monoisotopic (exact) mass is 513 g/mol. The van der Waals surface area contributed by atoms with Gasteiger partial charge in [0.25, 0.3) is 0 Å². The Balaban J connectivity index is 0.00000217. The first-order valence-electron chi connectivity index (χ1n) is 12.6. The number of rotatable bonds is 4. The number of anilines is 1. The minimum absolute atomic E-state index is 0. The number of likely N-dealkylation sites (N-methyl/N-ethyl adjacent to an activating group) is 1. The summed E-state index contributed by atoms with van der Waals surface area (Å²) in [6.07, 6.45) is 8.46. The van der Waals surface area contributed by atoms with Crippen molar-refractivity contribution in [2.75, 3.05) is 18.4 Å². The van der Waals surface area contributed by atoms with Crippen molar-refractivity contribution in [1.82, 2.24) is 9.88 Å². The zero-order valence-electron chi connectivity index (χ0n) is 19.6. The number of hydrogen-bond acceptors (Lipinski definition) is 5. The third-order valence-corrected chi connectivity index (χ3v) is 11.0. The van der Waals surface area contributed by atoms with Crippen LogP contribution in [0.1, 0.15) is 55.9 Å². The van der Waals surface area contributed by atoms with Gasteiger partial charge in [0.2, 0.25) is 5.91 Å². The maximum Gasteiger partial charge on any atom is 0.231 e. The van der Waals surface area contributed by atoms with Crippen molar-refractivity contribution in [3.63, 3.8) is 0 Å². The van der Waals surface area contributed by atoms with Gasteiger partial charge in [-0.25, -0.2) is 4.98 Å². The summed E-state index contributed by atoms with van der Waals surface area (Å²) in [6.45, 7) is 5.38. The number of para-hydroxylation sites is 1. The fraction of sp³-hybridized carbons (Fsp3) is 0.556. The van der Waals surface area contributed by atoms with E-state index >= 15 is 0 Å². The number of carbonyl (C=O) groups is 1. The van der Waals surface area contributed by atoms with Gasteiger partial charge in [-0.2, -0.15) is 0 Å². The lowest BCUT2D eigenvalue weighted by Crippen LogP contribution is -2.51. The molecule has 4 nitrogen and oxygen atoms in total. The van der Waals surface area contributed by atoms with Crippen LogP contribution in [0.2, 0.25) is 0 Å². The number of halogens is 1. The highest BCUT2D eigenvalue weighted by atomic mass is 35.5. The number of thiophene rings is 1. The Morgan fingerprint density at radius 3 is 2.50 bits per heavy atom.